The van der Waals surface area contributed by atoms with Crippen LogP contribution in [0.25, 0.3) is 0 Å². The highest BCUT2D eigenvalue weighted by molar-refractivity contribution is 5.19. The first-order chi connectivity index (χ1) is 7.61. The number of nitrogens with one attached hydrogen (secondary N) is 1. The fourth-order valence-corrected chi connectivity index (χ4v) is 1.28. The molecule has 0 unspecified atom stereocenters. The van der Waals surface area contributed by atoms with E-state index in [0.29, 0.717) is 13.2 Å². The molecular weight excluding hydrogens is 212 g/mol. The average Bonchev–Trinajstić information content (AvgIpc) is 2.21. The summed E-state index contributed by atoms with van der Waals surface area (Å²) in [6.45, 7) is 5.17. The van der Waals surface area contributed by atoms with E-state index >= 15 is 0 Å². The molecule has 0 saturated heterocycles. The van der Waals surface area contributed by atoms with Crippen LogP contribution in [0.1, 0.15) is 19.4 Å². The Morgan fingerprint density at radius 2 is 1.88 bits per heavy atom. The first kappa shape index (κ1) is 13.1. The Morgan fingerprint density at radius 1 is 1.25 bits per heavy atom. The Kier molecular flexibility index (Phi) is 5.35. The molecule has 0 fully saturated rings. The van der Waals surface area contributed by atoms with Crippen LogP contribution in [0.2, 0.25) is 0 Å². The van der Waals surface area contributed by atoms with E-state index in [0.717, 1.165) is 0 Å². The summed E-state index contributed by atoms with van der Waals surface area (Å²) in [5, 5.41) is 2.93. The molecule has 0 heterocycles. The molecule has 1 N–H and O–H groups in total. The molecule has 0 amide bonds. The van der Waals surface area contributed by atoms with Gasteiger partial charge in [-0.3, -0.25) is 0 Å². The van der Waals surface area contributed by atoms with E-state index in [2.05, 4.69) is 5.32 Å². The normalized spacial score (nSPS) is 11.1. The van der Waals surface area contributed by atoms with Crippen LogP contribution in [0.5, 0.6) is 0 Å². The Bertz CT molecular complexity index is 309. The quantitative estimate of drug-likeness (QED) is 0.757. The maximum absolute atomic E-state index is 13.2. The van der Waals surface area contributed by atoms with Crippen LogP contribution in [0.15, 0.2) is 18.2 Å². The fraction of sp³-hybridized carbons (Fsp3) is 0.500. The Labute approximate surface area is 94.6 Å². The summed E-state index contributed by atoms with van der Waals surface area (Å²) >= 11 is 0. The van der Waals surface area contributed by atoms with Crippen molar-refractivity contribution in [1.82, 2.24) is 5.32 Å². The van der Waals surface area contributed by atoms with Gasteiger partial charge in [-0.15, -0.1) is 0 Å². The molecule has 1 aromatic rings. The van der Waals surface area contributed by atoms with Crippen molar-refractivity contribution >= 4 is 0 Å². The molecule has 0 spiro atoms. The summed E-state index contributed by atoms with van der Waals surface area (Å²) in [5.74, 6) is -1.03. The molecular formula is C12H17F2NO. The van der Waals surface area contributed by atoms with Crippen molar-refractivity contribution in [1.29, 1.82) is 0 Å². The first-order valence-corrected chi connectivity index (χ1v) is 5.36. The van der Waals surface area contributed by atoms with Crippen LogP contribution < -0.4 is 5.32 Å². The van der Waals surface area contributed by atoms with Crippen LogP contribution in [0.3, 0.4) is 0 Å². The van der Waals surface area contributed by atoms with Crippen molar-refractivity contribution in [2.24, 2.45) is 0 Å². The topological polar surface area (TPSA) is 21.3 Å². The molecule has 2 nitrogen and oxygen atoms in total. The molecule has 0 atom stereocenters. The van der Waals surface area contributed by atoms with Gasteiger partial charge in [0.25, 0.3) is 0 Å². The van der Waals surface area contributed by atoms with Crippen molar-refractivity contribution in [3.8, 4) is 0 Å². The third kappa shape index (κ3) is 4.24. The predicted molar refractivity (Wildman–Crippen MR) is 59.2 cm³/mol. The van der Waals surface area contributed by atoms with Crippen LogP contribution >= 0.6 is 0 Å². The molecule has 0 aromatic heterocycles. The molecule has 0 saturated carbocycles. The summed E-state index contributed by atoms with van der Waals surface area (Å²) in [7, 11) is 0. The molecule has 90 valence electrons. The molecule has 0 radical (unpaired) electrons. The van der Waals surface area contributed by atoms with E-state index in [1.165, 1.54) is 18.2 Å². The lowest BCUT2D eigenvalue weighted by Crippen LogP contribution is -2.22. The van der Waals surface area contributed by atoms with E-state index in [1.54, 1.807) is 0 Å². The standard InChI is InChI=1S/C12H17F2NO/c1-9(2)16-7-6-15-8-10-11(13)4-3-5-12(10)14/h3-5,9,15H,6-8H2,1-2H3. The van der Waals surface area contributed by atoms with Gasteiger partial charge in [0, 0.05) is 18.7 Å². The van der Waals surface area contributed by atoms with Crippen molar-refractivity contribution in [3.05, 3.63) is 35.4 Å². The fourth-order valence-electron chi connectivity index (χ4n) is 1.28. The molecule has 0 bridgehead atoms. The van der Waals surface area contributed by atoms with Crippen LogP contribution in [-0.4, -0.2) is 19.3 Å². The van der Waals surface area contributed by atoms with Crippen LogP contribution in [0, 0.1) is 11.6 Å². The summed E-state index contributed by atoms with van der Waals surface area (Å²) in [4.78, 5) is 0. The summed E-state index contributed by atoms with van der Waals surface area (Å²) in [6.07, 6.45) is 0.173. The lowest BCUT2D eigenvalue weighted by Gasteiger charge is -2.09. The highest BCUT2D eigenvalue weighted by atomic mass is 19.1. The van der Waals surface area contributed by atoms with Crippen LogP contribution in [0.4, 0.5) is 8.78 Å². The smallest absolute Gasteiger partial charge is 0.130 e. The van der Waals surface area contributed by atoms with Crippen LogP contribution in [-0.2, 0) is 11.3 Å². The summed E-state index contributed by atoms with van der Waals surface area (Å²) in [6, 6.07) is 3.87. The van der Waals surface area contributed by atoms with Gasteiger partial charge in [-0.2, -0.15) is 0 Å². The molecule has 1 rings (SSSR count). The van der Waals surface area contributed by atoms with E-state index in [1.807, 2.05) is 13.8 Å². The Hall–Kier alpha value is -1.00. The maximum Gasteiger partial charge on any atom is 0.130 e. The van der Waals surface area contributed by atoms with Crippen molar-refractivity contribution in [3.63, 3.8) is 0 Å². The highest BCUT2D eigenvalue weighted by Crippen LogP contribution is 2.11. The number of benzene rings is 1. The number of halogens is 2. The van der Waals surface area contributed by atoms with E-state index < -0.39 is 11.6 Å². The first-order valence-electron chi connectivity index (χ1n) is 5.36. The van der Waals surface area contributed by atoms with Gasteiger partial charge in [0.05, 0.1) is 12.7 Å². The monoisotopic (exact) mass is 229 g/mol. The van der Waals surface area contributed by atoms with Crippen molar-refractivity contribution < 1.29 is 13.5 Å². The van der Waals surface area contributed by atoms with Crippen molar-refractivity contribution in [2.75, 3.05) is 13.2 Å². The number of rotatable bonds is 6. The minimum absolute atomic E-state index is 0.0760. The number of ether oxygens (including phenoxy) is 1. The van der Waals surface area contributed by atoms with Gasteiger partial charge in [0.2, 0.25) is 0 Å². The predicted octanol–water partition coefficient (Wildman–Crippen LogP) is 2.48. The molecule has 0 aliphatic carbocycles. The minimum atomic E-state index is -0.516. The SMILES string of the molecule is CC(C)OCCNCc1c(F)cccc1F. The van der Waals surface area contributed by atoms with E-state index in [-0.39, 0.29) is 18.2 Å². The second kappa shape index (κ2) is 6.55. The zero-order chi connectivity index (χ0) is 12.0. The average molecular weight is 229 g/mol. The summed E-state index contributed by atoms with van der Waals surface area (Å²) in [5.41, 5.74) is 0.0760. The number of hydrogen-bond donors (Lipinski definition) is 1. The third-order valence-corrected chi connectivity index (χ3v) is 2.09. The van der Waals surface area contributed by atoms with E-state index in [4.69, 9.17) is 4.74 Å². The van der Waals surface area contributed by atoms with Gasteiger partial charge in [0.15, 0.2) is 0 Å². The third-order valence-electron chi connectivity index (χ3n) is 2.09. The molecule has 0 aliphatic heterocycles. The van der Waals surface area contributed by atoms with Gasteiger partial charge in [-0.25, -0.2) is 8.78 Å². The van der Waals surface area contributed by atoms with Gasteiger partial charge < -0.3 is 10.1 Å². The van der Waals surface area contributed by atoms with Gasteiger partial charge in [0.1, 0.15) is 11.6 Å². The zero-order valence-electron chi connectivity index (χ0n) is 9.59. The van der Waals surface area contributed by atoms with Gasteiger partial charge >= 0.3 is 0 Å². The molecule has 16 heavy (non-hydrogen) atoms. The molecule has 0 aliphatic rings. The molecule has 4 heteroatoms. The lowest BCUT2D eigenvalue weighted by atomic mass is 10.2. The maximum atomic E-state index is 13.2. The summed E-state index contributed by atoms with van der Waals surface area (Å²) < 4.78 is 31.6. The largest absolute Gasteiger partial charge is 0.377 e. The van der Waals surface area contributed by atoms with E-state index in [9.17, 15) is 8.78 Å². The van der Waals surface area contributed by atoms with Crippen molar-refractivity contribution in [2.45, 2.75) is 26.5 Å². The number of hydrogen-bond acceptors (Lipinski definition) is 2. The van der Waals surface area contributed by atoms with Gasteiger partial charge in [-0.05, 0) is 26.0 Å². The second-order valence-corrected chi connectivity index (χ2v) is 3.80. The lowest BCUT2D eigenvalue weighted by molar-refractivity contribution is 0.0806. The Morgan fingerprint density at radius 3 is 2.44 bits per heavy atom. The molecule has 1 aromatic carbocycles. The second-order valence-electron chi connectivity index (χ2n) is 3.80. The highest BCUT2D eigenvalue weighted by Gasteiger charge is 2.06. The van der Waals surface area contributed by atoms with Gasteiger partial charge in [-0.1, -0.05) is 6.07 Å². The zero-order valence-corrected chi connectivity index (χ0v) is 9.59. The Balaban J connectivity index is 2.32. The minimum Gasteiger partial charge on any atom is -0.377 e.